The number of carbonyl (C=O) groups excluding carboxylic acids is 1. The fourth-order valence-electron chi connectivity index (χ4n) is 4.37. The van der Waals surface area contributed by atoms with Gasteiger partial charge in [0, 0.05) is 37.4 Å². The summed E-state index contributed by atoms with van der Waals surface area (Å²) in [6, 6.07) is 21.3. The van der Waals surface area contributed by atoms with Crippen LogP contribution in [0.25, 0.3) is 11.1 Å². The number of urea groups is 1. The quantitative estimate of drug-likeness (QED) is 0.471. The Labute approximate surface area is 193 Å². The Morgan fingerprint density at radius 1 is 0.879 bits per heavy atom. The van der Waals surface area contributed by atoms with Crippen molar-refractivity contribution < 1.29 is 13.6 Å². The van der Waals surface area contributed by atoms with Crippen LogP contribution in [0.3, 0.4) is 0 Å². The molecule has 172 valence electrons. The highest BCUT2D eigenvalue weighted by atomic mass is 19.1. The summed E-state index contributed by atoms with van der Waals surface area (Å²) in [5.74, 6) is -1.23. The second kappa shape index (κ2) is 10.6. The summed E-state index contributed by atoms with van der Waals surface area (Å²) in [6.45, 7) is 0.866. The summed E-state index contributed by atoms with van der Waals surface area (Å²) >= 11 is 0. The third-order valence-electron chi connectivity index (χ3n) is 6.33. The first kappa shape index (κ1) is 22.9. The second-order valence-electron chi connectivity index (χ2n) is 8.65. The normalized spacial score (nSPS) is 18.0. The van der Waals surface area contributed by atoms with Gasteiger partial charge in [-0.15, -0.1) is 0 Å². The SMILES string of the molecule is CN(C(=O)Nc1ccc(-c2cc(F)cc(F)c2)cc1)C1CCC(NCc2ccccc2)CC1. The Kier molecular flexibility index (Phi) is 7.35. The van der Waals surface area contributed by atoms with Crippen molar-refractivity contribution in [1.82, 2.24) is 10.2 Å². The first-order valence-corrected chi connectivity index (χ1v) is 11.4. The third-order valence-corrected chi connectivity index (χ3v) is 6.33. The number of hydrogen-bond donors (Lipinski definition) is 2. The fraction of sp³-hybridized carbons (Fsp3) is 0.296. The Bertz CT molecular complexity index is 1040. The molecule has 2 amide bonds. The van der Waals surface area contributed by atoms with Crippen LogP contribution < -0.4 is 10.6 Å². The summed E-state index contributed by atoms with van der Waals surface area (Å²) in [5.41, 5.74) is 3.07. The predicted octanol–water partition coefficient (Wildman–Crippen LogP) is 6.20. The van der Waals surface area contributed by atoms with Crippen molar-refractivity contribution in [2.24, 2.45) is 0 Å². The minimum absolute atomic E-state index is 0.153. The highest BCUT2D eigenvalue weighted by molar-refractivity contribution is 5.89. The van der Waals surface area contributed by atoms with E-state index in [1.165, 1.54) is 17.7 Å². The lowest BCUT2D eigenvalue weighted by atomic mass is 9.90. The van der Waals surface area contributed by atoms with Crippen molar-refractivity contribution in [2.45, 2.75) is 44.3 Å². The Hall–Kier alpha value is -3.25. The molecule has 3 aromatic carbocycles. The molecule has 0 saturated heterocycles. The molecule has 1 aliphatic rings. The highest BCUT2D eigenvalue weighted by Gasteiger charge is 2.26. The number of rotatable bonds is 6. The fourth-order valence-corrected chi connectivity index (χ4v) is 4.37. The molecule has 4 nitrogen and oxygen atoms in total. The van der Waals surface area contributed by atoms with E-state index in [4.69, 9.17) is 0 Å². The molecule has 33 heavy (non-hydrogen) atoms. The van der Waals surface area contributed by atoms with Crippen LogP contribution in [0, 0.1) is 11.6 Å². The van der Waals surface area contributed by atoms with Gasteiger partial charge in [0.25, 0.3) is 0 Å². The molecule has 0 aromatic heterocycles. The van der Waals surface area contributed by atoms with Gasteiger partial charge in [0.2, 0.25) is 0 Å². The van der Waals surface area contributed by atoms with Crippen molar-refractivity contribution >= 4 is 11.7 Å². The van der Waals surface area contributed by atoms with Gasteiger partial charge in [-0.2, -0.15) is 0 Å². The zero-order valence-electron chi connectivity index (χ0n) is 18.7. The van der Waals surface area contributed by atoms with E-state index in [-0.39, 0.29) is 12.1 Å². The summed E-state index contributed by atoms with van der Waals surface area (Å²) in [6.07, 6.45) is 3.99. The first-order valence-electron chi connectivity index (χ1n) is 11.4. The zero-order valence-corrected chi connectivity index (χ0v) is 18.7. The summed E-state index contributed by atoms with van der Waals surface area (Å²) in [5, 5.41) is 6.55. The maximum Gasteiger partial charge on any atom is 0.321 e. The second-order valence-corrected chi connectivity index (χ2v) is 8.65. The minimum Gasteiger partial charge on any atom is -0.325 e. The van der Waals surface area contributed by atoms with Gasteiger partial charge in [-0.25, -0.2) is 13.6 Å². The van der Waals surface area contributed by atoms with Crippen LogP contribution in [0.2, 0.25) is 0 Å². The van der Waals surface area contributed by atoms with Gasteiger partial charge in [0.1, 0.15) is 11.6 Å². The van der Waals surface area contributed by atoms with E-state index in [0.29, 0.717) is 22.9 Å². The van der Waals surface area contributed by atoms with Crippen LogP contribution in [0.15, 0.2) is 72.8 Å². The molecule has 1 saturated carbocycles. The van der Waals surface area contributed by atoms with Crippen molar-refractivity contribution in [3.05, 3.63) is 90.0 Å². The molecular formula is C27H29F2N3O. The third kappa shape index (κ3) is 6.17. The van der Waals surface area contributed by atoms with Crippen LogP contribution in [0.1, 0.15) is 31.2 Å². The van der Waals surface area contributed by atoms with Crippen LogP contribution in [-0.4, -0.2) is 30.1 Å². The number of hydrogen-bond acceptors (Lipinski definition) is 2. The monoisotopic (exact) mass is 449 g/mol. The summed E-state index contributed by atoms with van der Waals surface area (Å²) in [7, 11) is 1.83. The van der Waals surface area contributed by atoms with Crippen molar-refractivity contribution in [1.29, 1.82) is 0 Å². The van der Waals surface area contributed by atoms with Crippen LogP contribution >= 0.6 is 0 Å². The molecule has 0 aliphatic heterocycles. The number of benzene rings is 3. The molecule has 4 rings (SSSR count). The largest absolute Gasteiger partial charge is 0.325 e. The molecule has 0 heterocycles. The number of carbonyl (C=O) groups is 1. The molecule has 1 fully saturated rings. The van der Waals surface area contributed by atoms with Crippen molar-refractivity contribution in [3.63, 3.8) is 0 Å². The zero-order chi connectivity index (χ0) is 23.2. The molecule has 0 spiro atoms. The topological polar surface area (TPSA) is 44.4 Å². The van der Waals surface area contributed by atoms with Crippen molar-refractivity contribution in [2.75, 3.05) is 12.4 Å². The first-order chi connectivity index (χ1) is 16.0. The molecule has 0 radical (unpaired) electrons. The average Bonchev–Trinajstić information content (AvgIpc) is 2.83. The number of nitrogens with zero attached hydrogens (tertiary/aromatic N) is 1. The maximum atomic E-state index is 13.5. The molecule has 2 N–H and O–H groups in total. The molecular weight excluding hydrogens is 420 g/mol. The van der Waals surface area contributed by atoms with E-state index in [0.717, 1.165) is 38.3 Å². The number of amides is 2. The highest BCUT2D eigenvalue weighted by Crippen LogP contribution is 2.25. The maximum absolute atomic E-state index is 13.5. The summed E-state index contributed by atoms with van der Waals surface area (Å²) < 4.78 is 26.9. The lowest BCUT2D eigenvalue weighted by molar-refractivity contribution is 0.177. The molecule has 0 unspecified atom stereocenters. The lowest BCUT2D eigenvalue weighted by Gasteiger charge is -2.35. The van der Waals surface area contributed by atoms with Gasteiger partial charge in [-0.3, -0.25) is 0 Å². The number of nitrogens with one attached hydrogen (secondary N) is 2. The van der Waals surface area contributed by atoms with Crippen molar-refractivity contribution in [3.8, 4) is 11.1 Å². The lowest BCUT2D eigenvalue weighted by Crippen LogP contribution is -2.44. The van der Waals surface area contributed by atoms with E-state index in [1.54, 1.807) is 29.2 Å². The average molecular weight is 450 g/mol. The van der Waals surface area contributed by atoms with E-state index in [1.807, 2.05) is 13.1 Å². The van der Waals surface area contributed by atoms with Gasteiger partial charge in [-0.1, -0.05) is 42.5 Å². The smallest absolute Gasteiger partial charge is 0.321 e. The molecule has 3 aromatic rings. The van der Waals surface area contributed by atoms with Gasteiger partial charge >= 0.3 is 6.03 Å². The van der Waals surface area contributed by atoms with E-state index >= 15 is 0 Å². The van der Waals surface area contributed by atoms with Gasteiger partial charge in [0.15, 0.2) is 0 Å². The van der Waals surface area contributed by atoms with Gasteiger partial charge in [-0.05, 0) is 66.6 Å². The molecule has 6 heteroatoms. The van der Waals surface area contributed by atoms with E-state index < -0.39 is 11.6 Å². The minimum atomic E-state index is -0.617. The Morgan fingerprint density at radius 3 is 2.15 bits per heavy atom. The Morgan fingerprint density at radius 2 is 1.52 bits per heavy atom. The summed E-state index contributed by atoms with van der Waals surface area (Å²) in [4.78, 5) is 14.5. The Balaban J connectivity index is 1.26. The molecule has 0 bridgehead atoms. The van der Waals surface area contributed by atoms with E-state index in [9.17, 15) is 13.6 Å². The van der Waals surface area contributed by atoms with Gasteiger partial charge < -0.3 is 15.5 Å². The van der Waals surface area contributed by atoms with E-state index in [2.05, 4.69) is 34.9 Å². The molecule has 0 atom stereocenters. The van der Waals surface area contributed by atoms with Crippen LogP contribution in [0.4, 0.5) is 19.3 Å². The van der Waals surface area contributed by atoms with Crippen LogP contribution in [-0.2, 0) is 6.54 Å². The predicted molar refractivity (Wildman–Crippen MR) is 128 cm³/mol. The molecule has 1 aliphatic carbocycles. The van der Waals surface area contributed by atoms with Gasteiger partial charge in [0.05, 0.1) is 0 Å². The number of halogens is 2. The standard InChI is InChI=1S/C27H29F2N3O/c1-32(26-13-11-24(12-14-26)30-18-19-5-3-2-4-6-19)27(33)31-25-9-7-20(8-10-25)21-15-22(28)17-23(29)16-21/h2-10,15-17,24,26,30H,11-14,18H2,1H3,(H,31,33). The number of anilines is 1. The van der Waals surface area contributed by atoms with Crippen LogP contribution in [0.5, 0.6) is 0 Å².